The smallest absolute Gasteiger partial charge is 0.0747 e. The number of nitrogens with two attached hydrogens (primary N) is 1. The first-order valence-electron chi connectivity index (χ1n) is 7.33. The second-order valence-corrected chi connectivity index (χ2v) is 7.41. The summed E-state index contributed by atoms with van der Waals surface area (Å²) in [6.45, 7) is 0.660. The molecule has 0 heterocycles. The highest BCUT2D eigenvalue weighted by molar-refractivity contribution is 14.1. The first kappa shape index (κ1) is 13.8. The molecule has 0 spiro atoms. The molecule has 3 rings (SSSR count). The van der Waals surface area contributed by atoms with Crippen LogP contribution in [-0.4, -0.2) is 17.3 Å². The van der Waals surface area contributed by atoms with Gasteiger partial charge in [-0.05, 0) is 84.5 Å². The highest BCUT2D eigenvalue weighted by Gasteiger charge is 2.54. The molecular formula is C16H22INO. The van der Waals surface area contributed by atoms with Gasteiger partial charge in [-0.25, -0.2) is 0 Å². The number of hydrogen-bond acceptors (Lipinski definition) is 2. The molecule has 2 aliphatic carbocycles. The second-order valence-electron chi connectivity index (χ2n) is 6.16. The van der Waals surface area contributed by atoms with E-state index in [1.165, 1.54) is 21.1 Å². The Kier molecular flexibility index (Phi) is 3.65. The largest absolute Gasteiger partial charge is 0.389 e. The van der Waals surface area contributed by atoms with Crippen LogP contribution in [-0.2, 0) is 11.8 Å². The summed E-state index contributed by atoms with van der Waals surface area (Å²) >= 11 is 2.38. The molecule has 1 aromatic carbocycles. The second kappa shape index (κ2) is 5.01. The van der Waals surface area contributed by atoms with Gasteiger partial charge in [0.05, 0.1) is 5.60 Å². The highest BCUT2D eigenvalue weighted by atomic mass is 127. The predicted octanol–water partition coefficient (Wildman–Crippen LogP) is 3.13. The van der Waals surface area contributed by atoms with Crippen LogP contribution in [0.4, 0.5) is 0 Å². The van der Waals surface area contributed by atoms with E-state index in [1.807, 2.05) is 0 Å². The van der Waals surface area contributed by atoms with Crippen LogP contribution in [0.25, 0.3) is 0 Å². The van der Waals surface area contributed by atoms with Crippen molar-refractivity contribution in [1.29, 1.82) is 0 Å². The first-order valence-corrected chi connectivity index (χ1v) is 8.41. The van der Waals surface area contributed by atoms with Crippen LogP contribution in [0.15, 0.2) is 18.2 Å². The lowest BCUT2D eigenvalue weighted by molar-refractivity contribution is -0.0862. The van der Waals surface area contributed by atoms with E-state index >= 15 is 0 Å². The normalized spacial score (nSPS) is 33.6. The van der Waals surface area contributed by atoms with Crippen molar-refractivity contribution in [3.05, 3.63) is 32.9 Å². The van der Waals surface area contributed by atoms with Crippen LogP contribution >= 0.6 is 22.6 Å². The standard InChI is InChI=1S/C16H22INO/c17-13-4-3-12-5-8-16(19)7-2-1-6-15(16,9-10-18)14(12)11-13/h3-4,11,19H,1-2,5-10,18H2/t15-,16+/m0/s1. The molecule has 1 fully saturated rings. The zero-order chi connectivity index (χ0) is 13.5. The van der Waals surface area contributed by atoms with Crippen molar-refractivity contribution >= 4 is 22.6 Å². The van der Waals surface area contributed by atoms with Crippen LogP contribution in [0.3, 0.4) is 0 Å². The third kappa shape index (κ3) is 2.05. The summed E-state index contributed by atoms with van der Waals surface area (Å²) in [6.07, 6.45) is 7.23. The van der Waals surface area contributed by atoms with Gasteiger partial charge in [0.15, 0.2) is 0 Å². The average molecular weight is 371 g/mol. The third-order valence-corrected chi connectivity index (χ3v) is 5.97. The lowest BCUT2D eigenvalue weighted by atomic mass is 9.53. The molecule has 0 radical (unpaired) electrons. The Morgan fingerprint density at radius 3 is 2.79 bits per heavy atom. The van der Waals surface area contributed by atoms with E-state index in [0.717, 1.165) is 38.5 Å². The van der Waals surface area contributed by atoms with Gasteiger partial charge in [-0.15, -0.1) is 0 Å². The van der Waals surface area contributed by atoms with Crippen LogP contribution in [0.2, 0.25) is 0 Å². The molecule has 0 bridgehead atoms. The number of aryl methyl sites for hydroxylation is 1. The van der Waals surface area contributed by atoms with Crippen molar-refractivity contribution in [3.63, 3.8) is 0 Å². The fraction of sp³-hybridized carbons (Fsp3) is 0.625. The molecule has 19 heavy (non-hydrogen) atoms. The predicted molar refractivity (Wildman–Crippen MR) is 86.2 cm³/mol. The maximum atomic E-state index is 11.3. The summed E-state index contributed by atoms with van der Waals surface area (Å²) in [5, 5.41) is 11.3. The lowest BCUT2D eigenvalue weighted by Crippen LogP contribution is -2.57. The summed E-state index contributed by atoms with van der Waals surface area (Å²) in [6, 6.07) is 6.73. The minimum atomic E-state index is -0.526. The van der Waals surface area contributed by atoms with Crippen molar-refractivity contribution in [3.8, 4) is 0 Å². The third-order valence-electron chi connectivity index (χ3n) is 5.30. The van der Waals surface area contributed by atoms with E-state index < -0.39 is 5.60 Å². The van der Waals surface area contributed by atoms with Crippen molar-refractivity contribution in [1.82, 2.24) is 0 Å². The maximum Gasteiger partial charge on any atom is 0.0747 e. The topological polar surface area (TPSA) is 46.2 Å². The molecule has 0 amide bonds. The Morgan fingerprint density at radius 2 is 2.00 bits per heavy atom. The average Bonchev–Trinajstić information content (AvgIpc) is 2.40. The number of hydrogen-bond donors (Lipinski definition) is 2. The van der Waals surface area contributed by atoms with E-state index in [9.17, 15) is 5.11 Å². The number of rotatable bonds is 2. The van der Waals surface area contributed by atoms with E-state index in [1.54, 1.807) is 0 Å². The van der Waals surface area contributed by atoms with Gasteiger partial charge in [-0.1, -0.05) is 18.9 Å². The SMILES string of the molecule is NCC[C@]12CCCC[C@@]1(O)CCc1ccc(I)cc12. The van der Waals surface area contributed by atoms with Crippen molar-refractivity contribution in [2.24, 2.45) is 5.73 Å². The molecule has 0 aliphatic heterocycles. The Labute approximate surface area is 128 Å². The Hall–Kier alpha value is -0.130. The molecule has 2 atom stereocenters. The van der Waals surface area contributed by atoms with Gasteiger partial charge in [-0.2, -0.15) is 0 Å². The van der Waals surface area contributed by atoms with Gasteiger partial charge in [0.25, 0.3) is 0 Å². The fourth-order valence-electron chi connectivity index (χ4n) is 4.36. The minimum absolute atomic E-state index is 0.0885. The van der Waals surface area contributed by atoms with E-state index in [2.05, 4.69) is 40.8 Å². The number of aliphatic hydroxyl groups is 1. The summed E-state index contributed by atoms with van der Waals surface area (Å²) in [5.74, 6) is 0. The summed E-state index contributed by atoms with van der Waals surface area (Å²) in [4.78, 5) is 0. The van der Waals surface area contributed by atoms with E-state index in [0.29, 0.717) is 6.54 Å². The first-order chi connectivity index (χ1) is 9.11. The molecule has 0 unspecified atom stereocenters. The van der Waals surface area contributed by atoms with Crippen LogP contribution < -0.4 is 5.73 Å². The van der Waals surface area contributed by atoms with E-state index in [4.69, 9.17) is 5.73 Å². The Bertz CT molecular complexity index is 486. The van der Waals surface area contributed by atoms with Crippen LogP contribution in [0.1, 0.15) is 49.7 Å². The molecule has 1 aromatic rings. The number of benzene rings is 1. The van der Waals surface area contributed by atoms with Crippen molar-refractivity contribution in [2.45, 2.75) is 56.0 Å². The fourth-order valence-corrected chi connectivity index (χ4v) is 4.85. The van der Waals surface area contributed by atoms with Crippen molar-refractivity contribution in [2.75, 3.05) is 6.54 Å². The molecule has 2 nitrogen and oxygen atoms in total. The van der Waals surface area contributed by atoms with E-state index in [-0.39, 0.29) is 5.41 Å². The monoisotopic (exact) mass is 371 g/mol. The molecule has 0 aromatic heterocycles. The van der Waals surface area contributed by atoms with Gasteiger partial charge in [0.1, 0.15) is 0 Å². The number of halogens is 1. The van der Waals surface area contributed by atoms with Gasteiger partial charge < -0.3 is 10.8 Å². The zero-order valence-electron chi connectivity index (χ0n) is 11.3. The minimum Gasteiger partial charge on any atom is -0.389 e. The Morgan fingerprint density at radius 1 is 1.21 bits per heavy atom. The van der Waals surface area contributed by atoms with Crippen LogP contribution in [0.5, 0.6) is 0 Å². The zero-order valence-corrected chi connectivity index (χ0v) is 13.4. The van der Waals surface area contributed by atoms with Gasteiger partial charge in [-0.3, -0.25) is 0 Å². The van der Waals surface area contributed by atoms with Gasteiger partial charge in [0.2, 0.25) is 0 Å². The molecule has 3 heteroatoms. The molecular weight excluding hydrogens is 349 g/mol. The summed E-state index contributed by atoms with van der Waals surface area (Å²) < 4.78 is 1.27. The van der Waals surface area contributed by atoms with Crippen LogP contribution in [0, 0.1) is 3.57 Å². The molecule has 0 saturated heterocycles. The molecule has 104 valence electrons. The summed E-state index contributed by atoms with van der Waals surface area (Å²) in [5.41, 5.74) is 8.11. The lowest BCUT2D eigenvalue weighted by Gasteiger charge is -2.54. The molecule has 1 saturated carbocycles. The highest BCUT2D eigenvalue weighted by Crippen LogP contribution is 2.54. The van der Waals surface area contributed by atoms with Gasteiger partial charge >= 0.3 is 0 Å². The maximum absolute atomic E-state index is 11.3. The Balaban J connectivity index is 2.17. The summed E-state index contributed by atoms with van der Waals surface area (Å²) in [7, 11) is 0. The van der Waals surface area contributed by atoms with Crippen molar-refractivity contribution < 1.29 is 5.11 Å². The quantitative estimate of drug-likeness (QED) is 0.785. The molecule has 2 aliphatic rings. The number of fused-ring (bicyclic) bond motifs is 3. The molecule has 3 N–H and O–H groups in total. The van der Waals surface area contributed by atoms with Gasteiger partial charge in [0, 0.05) is 8.99 Å².